The van der Waals surface area contributed by atoms with Crippen LogP contribution in [0.4, 0.5) is 0 Å². The number of carbonyl (C=O) groups excluding carboxylic acids is 1. The van der Waals surface area contributed by atoms with E-state index in [-0.39, 0.29) is 16.8 Å². The van der Waals surface area contributed by atoms with Crippen LogP contribution >= 0.6 is 0 Å². The topological polar surface area (TPSA) is 87.5 Å². The molecule has 1 aromatic carbocycles. The van der Waals surface area contributed by atoms with Crippen LogP contribution in [0, 0.1) is 0 Å². The Labute approximate surface area is 160 Å². The molecule has 1 aromatic heterocycles. The molecular formula is C18H27N5O3S. The molecule has 1 saturated heterocycles. The van der Waals surface area contributed by atoms with Gasteiger partial charge in [0.2, 0.25) is 15.9 Å². The summed E-state index contributed by atoms with van der Waals surface area (Å²) in [5.41, 5.74) is 1.47. The molecule has 2 aromatic rings. The number of likely N-dealkylation sites (N-methyl/N-ethyl adjacent to an activating group) is 1. The van der Waals surface area contributed by atoms with Crippen molar-refractivity contribution < 1.29 is 13.2 Å². The minimum absolute atomic E-state index is 0.103. The van der Waals surface area contributed by atoms with Gasteiger partial charge in [-0.1, -0.05) is 0 Å². The zero-order valence-electron chi connectivity index (χ0n) is 16.3. The number of benzene rings is 1. The Balaban J connectivity index is 1.77. The van der Waals surface area contributed by atoms with Crippen LogP contribution in [0.25, 0.3) is 11.0 Å². The van der Waals surface area contributed by atoms with E-state index in [0.717, 1.165) is 30.9 Å². The molecule has 0 saturated carbocycles. The third-order valence-corrected chi connectivity index (χ3v) is 7.07. The molecule has 1 atom stereocenters. The SMILES string of the molecule is CN(C(=O)CCc1nc2cc(S(=O)(=O)N(C)C)ccc2n1C)C1CCNC1. The first kappa shape index (κ1) is 19.8. The summed E-state index contributed by atoms with van der Waals surface area (Å²) in [5, 5.41) is 3.27. The maximum absolute atomic E-state index is 12.5. The third kappa shape index (κ3) is 3.85. The number of nitrogens with one attached hydrogen (secondary N) is 1. The lowest BCUT2D eigenvalue weighted by Gasteiger charge is -2.23. The Morgan fingerprint density at radius 1 is 1.33 bits per heavy atom. The summed E-state index contributed by atoms with van der Waals surface area (Å²) in [7, 11) is 3.25. The van der Waals surface area contributed by atoms with Gasteiger partial charge in [0.1, 0.15) is 5.82 Å². The van der Waals surface area contributed by atoms with Gasteiger partial charge in [0.25, 0.3) is 0 Å². The molecule has 8 nitrogen and oxygen atoms in total. The van der Waals surface area contributed by atoms with Crippen LogP contribution in [0.2, 0.25) is 0 Å². The Kier molecular flexibility index (Phi) is 5.55. The second-order valence-corrected chi connectivity index (χ2v) is 9.33. The fraction of sp³-hybridized carbons (Fsp3) is 0.556. The zero-order chi connectivity index (χ0) is 19.8. The lowest BCUT2D eigenvalue weighted by molar-refractivity contribution is -0.131. The van der Waals surface area contributed by atoms with Crippen LogP contribution in [-0.4, -0.2) is 73.4 Å². The first-order chi connectivity index (χ1) is 12.7. The van der Waals surface area contributed by atoms with Crippen molar-refractivity contribution in [3.63, 3.8) is 0 Å². The van der Waals surface area contributed by atoms with E-state index >= 15 is 0 Å². The predicted molar refractivity (Wildman–Crippen MR) is 104 cm³/mol. The van der Waals surface area contributed by atoms with Crippen molar-refractivity contribution in [1.29, 1.82) is 0 Å². The Morgan fingerprint density at radius 2 is 2.07 bits per heavy atom. The molecule has 1 amide bonds. The number of fused-ring (bicyclic) bond motifs is 1. The van der Waals surface area contributed by atoms with Crippen molar-refractivity contribution in [2.45, 2.75) is 30.2 Å². The molecule has 0 radical (unpaired) electrons. The second kappa shape index (κ2) is 7.57. The van der Waals surface area contributed by atoms with Gasteiger partial charge in [0.15, 0.2) is 0 Å². The number of hydrogen-bond acceptors (Lipinski definition) is 5. The summed E-state index contributed by atoms with van der Waals surface area (Å²) in [4.78, 5) is 19.1. The fourth-order valence-corrected chi connectivity index (χ4v) is 4.32. The van der Waals surface area contributed by atoms with Crippen molar-refractivity contribution >= 4 is 27.0 Å². The zero-order valence-corrected chi connectivity index (χ0v) is 17.1. The molecule has 27 heavy (non-hydrogen) atoms. The van der Waals surface area contributed by atoms with Gasteiger partial charge in [-0.2, -0.15) is 0 Å². The number of nitrogens with zero attached hydrogens (tertiary/aromatic N) is 4. The van der Waals surface area contributed by atoms with Gasteiger partial charge < -0.3 is 14.8 Å². The van der Waals surface area contributed by atoms with E-state index in [1.165, 1.54) is 18.4 Å². The van der Waals surface area contributed by atoms with Crippen LogP contribution in [0.5, 0.6) is 0 Å². The molecule has 0 bridgehead atoms. The van der Waals surface area contributed by atoms with E-state index in [1.54, 1.807) is 18.2 Å². The minimum atomic E-state index is -3.50. The maximum Gasteiger partial charge on any atom is 0.242 e. The Hall–Kier alpha value is -1.97. The summed E-state index contributed by atoms with van der Waals surface area (Å²) in [6, 6.07) is 5.21. The van der Waals surface area contributed by atoms with Crippen molar-refractivity contribution in [1.82, 2.24) is 24.1 Å². The van der Waals surface area contributed by atoms with Crippen LogP contribution in [0.1, 0.15) is 18.7 Å². The first-order valence-electron chi connectivity index (χ1n) is 9.06. The van der Waals surface area contributed by atoms with Gasteiger partial charge in [-0.3, -0.25) is 4.79 Å². The quantitative estimate of drug-likeness (QED) is 0.776. The number of aryl methyl sites for hydroxylation is 2. The standard InChI is InChI=1S/C18H27N5O3S/c1-21(2)27(25,26)14-5-6-16-15(11-14)20-17(23(16)4)7-8-18(24)22(3)13-9-10-19-12-13/h5-6,11,13,19H,7-10,12H2,1-4H3. The summed E-state index contributed by atoms with van der Waals surface area (Å²) in [5.74, 6) is 0.877. The Bertz CT molecular complexity index is 945. The molecule has 0 aliphatic carbocycles. The van der Waals surface area contributed by atoms with E-state index in [2.05, 4.69) is 10.3 Å². The second-order valence-electron chi connectivity index (χ2n) is 7.18. The van der Waals surface area contributed by atoms with Crippen LogP contribution in [0.3, 0.4) is 0 Å². The molecule has 3 rings (SSSR count). The van der Waals surface area contributed by atoms with Crippen LogP contribution in [0.15, 0.2) is 23.1 Å². The monoisotopic (exact) mass is 393 g/mol. The molecule has 1 aliphatic heterocycles. The van der Waals surface area contributed by atoms with Crippen molar-refractivity contribution in [3.8, 4) is 0 Å². The summed E-state index contributed by atoms with van der Waals surface area (Å²) < 4.78 is 27.7. The number of carbonyl (C=O) groups is 1. The summed E-state index contributed by atoms with van der Waals surface area (Å²) in [6.07, 6.45) is 1.88. The lowest BCUT2D eigenvalue weighted by atomic mass is 10.2. The highest BCUT2D eigenvalue weighted by Gasteiger charge is 2.23. The summed E-state index contributed by atoms with van der Waals surface area (Å²) in [6.45, 7) is 1.79. The average Bonchev–Trinajstić information content (AvgIpc) is 3.27. The number of hydrogen-bond donors (Lipinski definition) is 1. The van der Waals surface area contributed by atoms with Crippen molar-refractivity contribution in [3.05, 3.63) is 24.0 Å². The van der Waals surface area contributed by atoms with Gasteiger partial charge in [-0.05, 0) is 31.2 Å². The maximum atomic E-state index is 12.5. The van der Waals surface area contributed by atoms with Gasteiger partial charge in [-0.15, -0.1) is 0 Å². The molecule has 1 N–H and O–H groups in total. The first-order valence-corrected chi connectivity index (χ1v) is 10.5. The largest absolute Gasteiger partial charge is 0.341 e. The number of amides is 1. The van der Waals surface area contributed by atoms with Crippen LogP contribution in [-0.2, 0) is 28.3 Å². The number of sulfonamides is 1. The molecular weight excluding hydrogens is 366 g/mol. The fourth-order valence-electron chi connectivity index (χ4n) is 3.39. The van der Waals surface area contributed by atoms with E-state index in [9.17, 15) is 13.2 Å². The molecule has 9 heteroatoms. The molecule has 1 fully saturated rings. The predicted octanol–water partition coefficient (Wildman–Crippen LogP) is 0.577. The van der Waals surface area contributed by atoms with E-state index in [4.69, 9.17) is 0 Å². The number of imidazole rings is 1. The van der Waals surface area contributed by atoms with Gasteiger partial charge in [0.05, 0.1) is 15.9 Å². The van der Waals surface area contributed by atoms with Gasteiger partial charge >= 0.3 is 0 Å². The lowest BCUT2D eigenvalue weighted by Crippen LogP contribution is -2.38. The Morgan fingerprint density at radius 3 is 2.70 bits per heavy atom. The summed E-state index contributed by atoms with van der Waals surface area (Å²) >= 11 is 0. The number of rotatable bonds is 6. The smallest absolute Gasteiger partial charge is 0.242 e. The molecule has 1 aliphatic rings. The molecule has 148 valence electrons. The normalized spacial score (nSPS) is 17.7. The van der Waals surface area contributed by atoms with Gasteiger partial charge in [0, 0.05) is 53.6 Å². The van der Waals surface area contributed by atoms with E-state index in [0.29, 0.717) is 18.4 Å². The molecule has 0 spiro atoms. The molecule has 2 heterocycles. The van der Waals surface area contributed by atoms with E-state index < -0.39 is 10.0 Å². The van der Waals surface area contributed by atoms with Crippen molar-refractivity contribution in [2.24, 2.45) is 7.05 Å². The van der Waals surface area contributed by atoms with Gasteiger partial charge in [-0.25, -0.2) is 17.7 Å². The van der Waals surface area contributed by atoms with Crippen molar-refractivity contribution in [2.75, 3.05) is 34.2 Å². The average molecular weight is 394 g/mol. The molecule has 1 unspecified atom stereocenters. The highest BCUT2D eigenvalue weighted by atomic mass is 32.2. The minimum Gasteiger partial charge on any atom is -0.341 e. The number of aromatic nitrogens is 2. The third-order valence-electron chi connectivity index (χ3n) is 5.26. The van der Waals surface area contributed by atoms with Crippen LogP contribution < -0.4 is 5.32 Å². The van der Waals surface area contributed by atoms with E-state index in [1.807, 2.05) is 23.6 Å². The highest BCUT2D eigenvalue weighted by Crippen LogP contribution is 2.22. The highest BCUT2D eigenvalue weighted by molar-refractivity contribution is 7.89.